The SMILES string of the molecule is Cc1cc2c(cc1Cc1nc3c(N)nc(F)nc3n1CCCNS(=O)(=O)C(C)C)OCO2. The van der Waals surface area contributed by atoms with Crippen LogP contribution in [0.1, 0.15) is 37.2 Å². The maximum Gasteiger partial charge on any atom is 0.312 e. The van der Waals surface area contributed by atoms with E-state index in [1.807, 2.05) is 19.1 Å². The number of rotatable bonds is 8. The Morgan fingerprint density at radius 1 is 1.22 bits per heavy atom. The van der Waals surface area contributed by atoms with Crippen LogP contribution >= 0.6 is 0 Å². The van der Waals surface area contributed by atoms with E-state index >= 15 is 0 Å². The number of anilines is 1. The van der Waals surface area contributed by atoms with Crippen LogP contribution in [0.2, 0.25) is 0 Å². The number of sulfonamides is 1. The van der Waals surface area contributed by atoms with Gasteiger partial charge in [0.15, 0.2) is 28.5 Å². The van der Waals surface area contributed by atoms with Gasteiger partial charge in [0.05, 0.1) is 5.25 Å². The molecule has 0 amide bonds. The number of aromatic nitrogens is 4. The third-order valence-electron chi connectivity index (χ3n) is 5.34. The predicted molar refractivity (Wildman–Crippen MR) is 116 cm³/mol. The van der Waals surface area contributed by atoms with Crippen molar-refractivity contribution in [3.63, 3.8) is 0 Å². The van der Waals surface area contributed by atoms with E-state index in [-0.39, 0.29) is 24.8 Å². The number of nitrogen functional groups attached to an aromatic ring is 1. The van der Waals surface area contributed by atoms with E-state index in [0.717, 1.165) is 11.1 Å². The monoisotopic (exact) mass is 464 g/mol. The molecule has 0 fully saturated rings. The van der Waals surface area contributed by atoms with Crippen molar-refractivity contribution in [3.8, 4) is 11.5 Å². The van der Waals surface area contributed by atoms with Crippen LogP contribution in [0.4, 0.5) is 10.2 Å². The van der Waals surface area contributed by atoms with Gasteiger partial charge in [-0.15, -0.1) is 0 Å². The number of imidazole rings is 1. The second-order valence-electron chi connectivity index (χ2n) is 7.88. The first-order valence-corrected chi connectivity index (χ1v) is 11.8. The molecule has 0 bridgehead atoms. The number of fused-ring (bicyclic) bond motifs is 2. The maximum absolute atomic E-state index is 13.9. The van der Waals surface area contributed by atoms with Crippen LogP contribution in [-0.2, 0) is 23.0 Å². The molecule has 1 aliphatic rings. The smallest absolute Gasteiger partial charge is 0.312 e. The van der Waals surface area contributed by atoms with Gasteiger partial charge in [0.1, 0.15) is 5.82 Å². The summed E-state index contributed by atoms with van der Waals surface area (Å²) in [5.74, 6) is 1.91. The summed E-state index contributed by atoms with van der Waals surface area (Å²) in [4.78, 5) is 12.0. The molecule has 0 aliphatic carbocycles. The van der Waals surface area contributed by atoms with Crippen LogP contribution in [0.3, 0.4) is 0 Å². The Labute approximate surface area is 185 Å². The van der Waals surface area contributed by atoms with Gasteiger partial charge < -0.3 is 19.8 Å². The lowest BCUT2D eigenvalue weighted by Crippen LogP contribution is -2.32. The van der Waals surface area contributed by atoms with Crippen LogP contribution in [0.15, 0.2) is 12.1 Å². The van der Waals surface area contributed by atoms with Gasteiger partial charge in [0.2, 0.25) is 16.8 Å². The molecule has 12 heteroatoms. The molecule has 10 nitrogen and oxygen atoms in total. The first-order chi connectivity index (χ1) is 15.2. The fourth-order valence-electron chi connectivity index (χ4n) is 3.47. The summed E-state index contributed by atoms with van der Waals surface area (Å²) < 4.78 is 53.1. The summed E-state index contributed by atoms with van der Waals surface area (Å²) in [5, 5.41) is -0.525. The van der Waals surface area contributed by atoms with Crippen LogP contribution in [0, 0.1) is 13.0 Å². The Balaban J connectivity index is 1.64. The highest BCUT2D eigenvalue weighted by molar-refractivity contribution is 7.90. The Bertz CT molecular complexity index is 1280. The Morgan fingerprint density at radius 3 is 2.66 bits per heavy atom. The number of hydrogen-bond acceptors (Lipinski definition) is 8. The average Bonchev–Trinajstić information content (AvgIpc) is 3.30. The van der Waals surface area contributed by atoms with E-state index < -0.39 is 21.4 Å². The summed E-state index contributed by atoms with van der Waals surface area (Å²) in [6, 6.07) is 3.80. The van der Waals surface area contributed by atoms with E-state index in [0.29, 0.717) is 42.2 Å². The molecule has 0 saturated carbocycles. The molecule has 0 spiro atoms. The number of halogens is 1. The van der Waals surface area contributed by atoms with Crippen molar-refractivity contribution in [2.75, 3.05) is 19.1 Å². The molecule has 0 saturated heterocycles. The van der Waals surface area contributed by atoms with Crippen molar-refractivity contribution < 1.29 is 22.3 Å². The van der Waals surface area contributed by atoms with Gasteiger partial charge in [0.25, 0.3) is 0 Å². The lowest BCUT2D eigenvalue weighted by atomic mass is 10.0. The molecule has 1 aromatic carbocycles. The Kier molecular flexibility index (Phi) is 5.91. The van der Waals surface area contributed by atoms with Crippen LogP contribution in [0.5, 0.6) is 11.5 Å². The lowest BCUT2D eigenvalue weighted by Gasteiger charge is -2.12. The molecule has 0 radical (unpaired) electrons. The first-order valence-electron chi connectivity index (χ1n) is 10.2. The third-order valence-corrected chi connectivity index (χ3v) is 7.18. The van der Waals surface area contributed by atoms with Gasteiger partial charge in [0, 0.05) is 19.5 Å². The van der Waals surface area contributed by atoms with Crippen LogP contribution in [-0.4, -0.2) is 46.5 Å². The molecular weight excluding hydrogens is 439 g/mol. The molecule has 3 heterocycles. The van der Waals surface area contributed by atoms with Gasteiger partial charge in [-0.2, -0.15) is 14.4 Å². The molecule has 4 rings (SSSR count). The lowest BCUT2D eigenvalue weighted by molar-refractivity contribution is 0.174. The fourth-order valence-corrected chi connectivity index (χ4v) is 4.24. The largest absolute Gasteiger partial charge is 0.454 e. The van der Waals surface area contributed by atoms with Crippen molar-refractivity contribution >= 4 is 27.0 Å². The zero-order valence-corrected chi connectivity index (χ0v) is 18.9. The standard InChI is InChI=1S/C20H25FN6O4S/c1-11(2)32(28,29)23-5-4-6-27-16(24-17-18(22)25-20(21)26-19(17)27)9-13-8-15-14(7-12(13)3)30-10-31-15/h7-8,11,23H,4-6,9-10H2,1-3H3,(H2,22,25,26). The highest BCUT2D eigenvalue weighted by Gasteiger charge is 2.21. The molecule has 0 unspecified atom stereocenters. The molecular formula is C20H25FN6O4S. The average molecular weight is 465 g/mol. The predicted octanol–water partition coefficient (Wildman–Crippen LogP) is 1.89. The zero-order chi connectivity index (χ0) is 23.0. The first kappa shape index (κ1) is 22.2. The van der Waals surface area contributed by atoms with E-state index in [1.165, 1.54) is 0 Å². The topological polar surface area (TPSA) is 134 Å². The van der Waals surface area contributed by atoms with Gasteiger partial charge in [-0.3, -0.25) is 0 Å². The highest BCUT2D eigenvalue weighted by Crippen LogP contribution is 2.35. The number of hydrogen-bond donors (Lipinski definition) is 2. The minimum Gasteiger partial charge on any atom is -0.454 e. The number of benzene rings is 1. The zero-order valence-electron chi connectivity index (χ0n) is 18.1. The number of nitrogens with zero attached hydrogens (tertiary/aromatic N) is 4. The fraction of sp³-hybridized carbons (Fsp3) is 0.450. The highest BCUT2D eigenvalue weighted by atomic mass is 32.2. The molecule has 172 valence electrons. The summed E-state index contributed by atoms with van der Waals surface area (Å²) in [6.07, 6.45) is -0.0734. The molecule has 3 N–H and O–H groups in total. The molecule has 1 aliphatic heterocycles. The normalized spacial score (nSPS) is 13.4. The van der Waals surface area contributed by atoms with E-state index in [9.17, 15) is 12.8 Å². The van der Waals surface area contributed by atoms with Gasteiger partial charge >= 0.3 is 6.08 Å². The van der Waals surface area contributed by atoms with Gasteiger partial charge in [-0.1, -0.05) is 0 Å². The van der Waals surface area contributed by atoms with Gasteiger partial charge in [-0.05, 0) is 50.5 Å². The third kappa shape index (κ3) is 4.32. The summed E-state index contributed by atoms with van der Waals surface area (Å²) >= 11 is 0. The van der Waals surface area contributed by atoms with Crippen LogP contribution < -0.4 is 19.9 Å². The van der Waals surface area contributed by atoms with Crippen molar-refractivity contribution in [1.29, 1.82) is 0 Å². The van der Waals surface area contributed by atoms with E-state index in [1.54, 1.807) is 18.4 Å². The van der Waals surface area contributed by atoms with Crippen molar-refractivity contribution in [1.82, 2.24) is 24.2 Å². The number of aryl methyl sites for hydroxylation is 2. The molecule has 0 atom stereocenters. The molecule has 2 aromatic heterocycles. The van der Waals surface area contributed by atoms with Crippen molar-refractivity contribution in [2.45, 2.75) is 45.4 Å². The summed E-state index contributed by atoms with van der Waals surface area (Å²) in [5.41, 5.74) is 8.41. The molecule has 32 heavy (non-hydrogen) atoms. The second-order valence-corrected chi connectivity index (χ2v) is 10.2. The van der Waals surface area contributed by atoms with Crippen molar-refractivity contribution in [3.05, 3.63) is 35.2 Å². The second kappa shape index (κ2) is 8.51. The number of nitrogens with two attached hydrogens (primary N) is 1. The van der Waals surface area contributed by atoms with E-state index in [4.69, 9.17) is 15.2 Å². The quantitative estimate of drug-likeness (QED) is 0.381. The number of ether oxygens (including phenoxy) is 2. The van der Waals surface area contributed by atoms with E-state index in [2.05, 4.69) is 19.7 Å². The van der Waals surface area contributed by atoms with Crippen LogP contribution in [0.25, 0.3) is 11.2 Å². The summed E-state index contributed by atoms with van der Waals surface area (Å²) in [7, 11) is -3.37. The Hall–Kier alpha value is -2.99. The molecule has 3 aromatic rings. The minimum absolute atomic E-state index is 0.0459. The maximum atomic E-state index is 13.9. The minimum atomic E-state index is -3.37. The number of nitrogens with one attached hydrogen (secondary N) is 1. The van der Waals surface area contributed by atoms with Crippen molar-refractivity contribution in [2.24, 2.45) is 0 Å². The Morgan fingerprint density at radius 2 is 1.94 bits per heavy atom. The summed E-state index contributed by atoms with van der Waals surface area (Å²) in [6.45, 7) is 5.95. The van der Waals surface area contributed by atoms with Gasteiger partial charge in [-0.25, -0.2) is 18.1 Å².